The smallest absolute Gasteiger partial charge is 0.226 e. The van der Waals surface area contributed by atoms with Gasteiger partial charge < -0.3 is 9.64 Å². The Hall–Kier alpha value is -1.52. The van der Waals surface area contributed by atoms with Crippen LogP contribution >= 0.6 is 0 Å². The maximum atomic E-state index is 11.5. The molecule has 0 aromatic rings. The Morgan fingerprint density at radius 2 is 2.06 bits per heavy atom. The number of hydrogen-bond donors (Lipinski definition) is 2. The van der Waals surface area contributed by atoms with Crippen molar-refractivity contribution in [1.82, 2.24) is 10.2 Å². The predicted octanol–water partition coefficient (Wildman–Crippen LogP) is 1.46. The molecule has 1 aliphatic rings. The summed E-state index contributed by atoms with van der Waals surface area (Å²) in [6.07, 6.45) is 4.42. The van der Waals surface area contributed by atoms with Crippen molar-refractivity contribution in [3.63, 3.8) is 0 Å². The van der Waals surface area contributed by atoms with Crippen LogP contribution in [0, 0.1) is 5.41 Å². The molecule has 5 nitrogen and oxygen atoms in total. The highest BCUT2D eigenvalue weighted by molar-refractivity contribution is 5.95. The van der Waals surface area contributed by atoms with Gasteiger partial charge >= 0.3 is 0 Å². The Morgan fingerprint density at radius 1 is 1.35 bits per heavy atom. The Balaban J connectivity index is 2.54. The summed E-state index contributed by atoms with van der Waals surface area (Å²) in [6, 6.07) is 0. The van der Waals surface area contributed by atoms with Crippen molar-refractivity contribution < 1.29 is 9.53 Å². The zero-order chi connectivity index (χ0) is 12.7. The van der Waals surface area contributed by atoms with Gasteiger partial charge in [-0.2, -0.15) is 0 Å². The summed E-state index contributed by atoms with van der Waals surface area (Å²) >= 11 is 0. The number of guanidine groups is 1. The standard InChI is InChI=1S/C12H21N3O2/c1-10-9-15(2)12(13)14-11(16)7-5-3-4-6-8-17-10/h1,3-9H2,2H3,(H2,13,14,16). The minimum atomic E-state index is -0.0902. The molecule has 1 rings (SSSR count). The van der Waals surface area contributed by atoms with Crippen LogP contribution in [-0.2, 0) is 9.53 Å². The average molecular weight is 239 g/mol. The molecule has 1 heterocycles. The lowest BCUT2D eigenvalue weighted by Crippen LogP contribution is -2.42. The fourth-order valence-corrected chi connectivity index (χ4v) is 1.64. The van der Waals surface area contributed by atoms with Gasteiger partial charge in [-0.15, -0.1) is 0 Å². The van der Waals surface area contributed by atoms with Crippen LogP contribution in [0.5, 0.6) is 0 Å². The van der Waals surface area contributed by atoms with Crippen molar-refractivity contribution in [2.45, 2.75) is 32.1 Å². The highest BCUT2D eigenvalue weighted by Gasteiger charge is 2.11. The average Bonchev–Trinajstić information content (AvgIpc) is 2.27. The van der Waals surface area contributed by atoms with Gasteiger partial charge in [-0.3, -0.25) is 15.5 Å². The second kappa shape index (κ2) is 6.93. The van der Waals surface area contributed by atoms with Crippen molar-refractivity contribution in [3.05, 3.63) is 12.3 Å². The Bertz CT molecular complexity index is 302. The van der Waals surface area contributed by atoms with Crippen LogP contribution in [0.15, 0.2) is 12.3 Å². The summed E-state index contributed by atoms with van der Waals surface area (Å²) in [5, 5.41) is 10.3. The summed E-state index contributed by atoms with van der Waals surface area (Å²) in [5.41, 5.74) is 0. The molecular weight excluding hydrogens is 218 g/mol. The van der Waals surface area contributed by atoms with Crippen molar-refractivity contribution in [2.24, 2.45) is 0 Å². The SMILES string of the molecule is C=C1CN(C)C(=N)NC(=O)CCCCCCO1. The third-order valence-corrected chi connectivity index (χ3v) is 2.66. The maximum Gasteiger partial charge on any atom is 0.226 e. The first-order valence-corrected chi connectivity index (χ1v) is 5.99. The first-order valence-electron chi connectivity index (χ1n) is 5.99. The number of rotatable bonds is 0. The van der Waals surface area contributed by atoms with Crippen LogP contribution in [-0.4, -0.2) is 37.0 Å². The lowest BCUT2D eigenvalue weighted by molar-refractivity contribution is -0.119. The van der Waals surface area contributed by atoms with E-state index >= 15 is 0 Å². The molecule has 96 valence electrons. The summed E-state index contributed by atoms with van der Waals surface area (Å²) in [7, 11) is 1.73. The fraction of sp³-hybridized carbons (Fsp3) is 0.667. The van der Waals surface area contributed by atoms with Gasteiger partial charge in [-0.1, -0.05) is 19.4 Å². The number of likely N-dealkylation sites (N-methyl/N-ethyl adjacent to an activating group) is 1. The van der Waals surface area contributed by atoms with E-state index in [4.69, 9.17) is 10.1 Å². The van der Waals surface area contributed by atoms with E-state index in [1.54, 1.807) is 11.9 Å². The maximum absolute atomic E-state index is 11.5. The number of ether oxygens (including phenoxy) is 1. The number of carbonyl (C=O) groups is 1. The Kier molecular flexibility index (Phi) is 5.52. The molecule has 0 aromatic carbocycles. The fourth-order valence-electron chi connectivity index (χ4n) is 1.64. The number of carbonyl (C=O) groups excluding carboxylic acids is 1. The normalized spacial score (nSPS) is 20.8. The molecule has 1 saturated heterocycles. The summed E-state index contributed by atoms with van der Waals surface area (Å²) in [4.78, 5) is 13.1. The third-order valence-electron chi connectivity index (χ3n) is 2.66. The highest BCUT2D eigenvalue weighted by Crippen LogP contribution is 2.06. The topological polar surface area (TPSA) is 65.4 Å². The van der Waals surface area contributed by atoms with Crippen LogP contribution in [0.1, 0.15) is 32.1 Å². The van der Waals surface area contributed by atoms with Crippen molar-refractivity contribution in [1.29, 1.82) is 5.41 Å². The van der Waals surface area contributed by atoms with Crippen LogP contribution in [0.4, 0.5) is 0 Å². The van der Waals surface area contributed by atoms with E-state index in [0.717, 1.165) is 25.7 Å². The minimum absolute atomic E-state index is 0.0902. The molecular formula is C12H21N3O2. The summed E-state index contributed by atoms with van der Waals surface area (Å²) < 4.78 is 5.46. The first kappa shape index (κ1) is 13.5. The van der Waals surface area contributed by atoms with Gasteiger partial charge in [0.05, 0.1) is 13.2 Å². The van der Waals surface area contributed by atoms with Gasteiger partial charge in [0.15, 0.2) is 5.96 Å². The van der Waals surface area contributed by atoms with Crippen LogP contribution < -0.4 is 5.32 Å². The van der Waals surface area contributed by atoms with E-state index in [2.05, 4.69) is 11.9 Å². The first-order chi connectivity index (χ1) is 8.09. The molecule has 1 aliphatic heterocycles. The van der Waals surface area contributed by atoms with Crippen molar-refractivity contribution >= 4 is 11.9 Å². The van der Waals surface area contributed by atoms with Gasteiger partial charge in [0.25, 0.3) is 0 Å². The van der Waals surface area contributed by atoms with Crippen LogP contribution in [0.3, 0.4) is 0 Å². The van der Waals surface area contributed by atoms with Crippen molar-refractivity contribution in [3.8, 4) is 0 Å². The van der Waals surface area contributed by atoms with Gasteiger partial charge in [0, 0.05) is 13.5 Å². The molecule has 0 aromatic heterocycles. The van der Waals surface area contributed by atoms with Crippen LogP contribution in [0.25, 0.3) is 0 Å². The number of nitrogens with one attached hydrogen (secondary N) is 2. The van der Waals surface area contributed by atoms with Crippen molar-refractivity contribution in [2.75, 3.05) is 20.2 Å². The van der Waals surface area contributed by atoms with Gasteiger partial charge in [0.2, 0.25) is 5.91 Å². The molecule has 0 saturated carbocycles. The third kappa shape index (κ3) is 5.38. The van der Waals surface area contributed by atoms with E-state index in [-0.39, 0.29) is 11.9 Å². The second-order valence-electron chi connectivity index (χ2n) is 4.30. The molecule has 0 bridgehead atoms. The molecule has 0 aliphatic carbocycles. The predicted molar refractivity (Wildman–Crippen MR) is 66.7 cm³/mol. The molecule has 0 spiro atoms. The molecule has 0 radical (unpaired) electrons. The molecule has 17 heavy (non-hydrogen) atoms. The molecule has 0 unspecified atom stereocenters. The summed E-state index contributed by atoms with van der Waals surface area (Å²) in [5.74, 6) is 0.636. The quantitative estimate of drug-likeness (QED) is 0.672. The zero-order valence-electron chi connectivity index (χ0n) is 10.4. The molecule has 1 amide bonds. The van der Waals surface area contributed by atoms with E-state index in [0.29, 0.717) is 25.3 Å². The Morgan fingerprint density at radius 3 is 2.82 bits per heavy atom. The van der Waals surface area contributed by atoms with E-state index < -0.39 is 0 Å². The summed E-state index contributed by atoms with van der Waals surface area (Å²) in [6.45, 7) is 4.89. The molecule has 5 heteroatoms. The number of nitrogens with zero attached hydrogens (tertiary/aromatic N) is 1. The number of amides is 1. The molecule has 0 atom stereocenters. The monoisotopic (exact) mass is 239 g/mol. The van der Waals surface area contributed by atoms with E-state index in [1.807, 2.05) is 0 Å². The highest BCUT2D eigenvalue weighted by atomic mass is 16.5. The lowest BCUT2D eigenvalue weighted by Gasteiger charge is -2.21. The van der Waals surface area contributed by atoms with Gasteiger partial charge in [-0.05, 0) is 12.8 Å². The lowest BCUT2D eigenvalue weighted by atomic mass is 10.1. The second-order valence-corrected chi connectivity index (χ2v) is 4.30. The van der Waals surface area contributed by atoms with E-state index in [1.165, 1.54) is 0 Å². The molecule has 1 fully saturated rings. The zero-order valence-corrected chi connectivity index (χ0v) is 10.4. The number of hydrogen-bond acceptors (Lipinski definition) is 3. The van der Waals surface area contributed by atoms with Gasteiger partial charge in [-0.25, -0.2) is 0 Å². The molecule has 2 N–H and O–H groups in total. The van der Waals surface area contributed by atoms with Gasteiger partial charge in [0.1, 0.15) is 5.76 Å². The van der Waals surface area contributed by atoms with E-state index in [9.17, 15) is 4.79 Å². The van der Waals surface area contributed by atoms with Crippen LogP contribution in [0.2, 0.25) is 0 Å². The Labute approximate surface area is 102 Å². The minimum Gasteiger partial charge on any atom is -0.497 e. The largest absolute Gasteiger partial charge is 0.497 e.